The van der Waals surface area contributed by atoms with E-state index in [1.165, 1.54) is 0 Å². The number of morpholine rings is 1. The predicted molar refractivity (Wildman–Crippen MR) is 132 cm³/mol. The van der Waals surface area contributed by atoms with Gasteiger partial charge >= 0.3 is 6.09 Å². The van der Waals surface area contributed by atoms with E-state index in [0.29, 0.717) is 64.7 Å². The predicted octanol–water partition coefficient (Wildman–Crippen LogP) is 2.66. The zero-order chi connectivity index (χ0) is 22.0. The lowest BCUT2D eigenvalue weighted by Crippen LogP contribution is -2.57. The van der Waals surface area contributed by atoms with Crippen LogP contribution in [0, 0.1) is 5.82 Å². The van der Waals surface area contributed by atoms with Gasteiger partial charge in [0.15, 0.2) is 5.96 Å². The minimum Gasteiger partial charge on any atom is -0.444 e. The van der Waals surface area contributed by atoms with Gasteiger partial charge in [-0.25, -0.2) is 9.18 Å². The number of carbonyl (C=O) groups excluding carboxylic acids is 1. The summed E-state index contributed by atoms with van der Waals surface area (Å²) in [7, 11) is 0. The van der Waals surface area contributed by atoms with E-state index in [4.69, 9.17) is 9.47 Å². The first-order chi connectivity index (χ1) is 14.8. The second-order valence-corrected chi connectivity index (χ2v) is 9.18. The number of piperazine rings is 1. The molecular weight excluding hydrogens is 528 g/mol. The molecule has 4 rings (SSSR count). The minimum absolute atomic E-state index is 0. The van der Waals surface area contributed by atoms with E-state index in [-0.39, 0.29) is 41.9 Å². The lowest BCUT2D eigenvalue weighted by Gasteiger charge is -2.39. The van der Waals surface area contributed by atoms with Gasteiger partial charge in [-0.1, -0.05) is 6.07 Å². The molecule has 3 aliphatic heterocycles. The summed E-state index contributed by atoms with van der Waals surface area (Å²) in [5.74, 6) is 0.602. The van der Waals surface area contributed by atoms with Crippen LogP contribution in [0.1, 0.15) is 26.3 Å². The van der Waals surface area contributed by atoms with E-state index in [1.54, 1.807) is 11.0 Å². The van der Waals surface area contributed by atoms with Gasteiger partial charge in [0.2, 0.25) is 0 Å². The molecule has 1 atom stereocenters. The van der Waals surface area contributed by atoms with Gasteiger partial charge in [-0.15, -0.1) is 24.0 Å². The topological polar surface area (TPSA) is 69.6 Å². The summed E-state index contributed by atoms with van der Waals surface area (Å²) in [5.41, 5.74) is 0.997. The Kier molecular flexibility index (Phi) is 8.07. The number of amides is 1. The summed E-state index contributed by atoms with van der Waals surface area (Å²) >= 11 is 0. The zero-order valence-electron chi connectivity index (χ0n) is 19.0. The van der Waals surface area contributed by atoms with E-state index >= 15 is 0 Å². The molecule has 0 aliphatic carbocycles. The highest BCUT2D eigenvalue weighted by molar-refractivity contribution is 14.0. The molecule has 2 fully saturated rings. The normalized spacial score (nSPS) is 20.9. The van der Waals surface area contributed by atoms with Crippen LogP contribution >= 0.6 is 24.0 Å². The van der Waals surface area contributed by atoms with Crippen molar-refractivity contribution >= 4 is 41.7 Å². The molecule has 0 radical (unpaired) electrons. The summed E-state index contributed by atoms with van der Waals surface area (Å²) < 4.78 is 25.5. The quantitative estimate of drug-likeness (QED) is 0.573. The molecule has 0 saturated carbocycles. The number of rotatable bonds is 3. The fraction of sp³-hybridized carbons (Fsp3) is 0.636. The summed E-state index contributed by atoms with van der Waals surface area (Å²) in [6.45, 7) is 11.3. The number of hydrogen-bond acceptors (Lipinski definition) is 7. The molecule has 2 saturated heterocycles. The Hall–Kier alpha value is -1.82. The van der Waals surface area contributed by atoms with Gasteiger partial charge in [-0.3, -0.25) is 4.99 Å². The lowest BCUT2D eigenvalue weighted by molar-refractivity contribution is 0.0137. The van der Waals surface area contributed by atoms with E-state index < -0.39 is 5.60 Å². The van der Waals surface area contributed by atoms with Crippen LogP contribution in [0.15, 0.2) is 23.2 Å². The Bertz CT molecular complexity index is 841. The number of guanidine groups is 1. The Morgan fingerprint density at radius 2 is 2.00 bits per heavy atom. The Labute approximate surface area is 206 Å². The third-order valence-corrected chi connectivity index (χ3v) is 5.67. The summed E-state index contributed by atoms with van der Waals surface area (Å²) in [5, 5.41) is 3.35. The Morgan fingerprint density at radius 1 is 1.25 bits per heavy atom. The standard InChI is InChI=1S/C22H32FN5O3.HI/c1-22(2,3)31-21(29)27-6-7-28-17(15-27)14-25-20(28)24-13-16-4-5-19(18(23)12-16)26-8-10-30-11-9-26;/h4-5,12,17H,6-11,13-15H2,1-3H3,(H,24,25);1H. The van der Waals surface area contributed by atoms with E-state index in [0.717, 1.165) is 11.5 Å². The largest absolute Gasteiger partial charge is 0.444 e. The monoisotopic (exact) mass is 561 g/mol. The average molecular weight is 561 g/mol. The first-order valence-corrected chi connectivity index (χ1v) is 10.9. The number of carbonyl (C=O) groups is 1. The first kappa shape index (κ1) is 24.8. The molecule has 3 aliphatic rings. The van der Waals surface area contributed by atoms with Crippen LogP contribution in [-0.2, 0) is 16.0 Å². The van der Waals surface area contributed by atoms with Crippen molar-refractivity contribution in [2.45, 2.75) is 39.0 Å². The highest BCUT2D eigenvalue weighted by atomic mass is 127. The van der Waals surface area contributed by atoms with Crippen molar-refractivity contribution in [2.75, 3.05) is 57.4 Å². The Morgan fingerprint density at radius 3 is 2.69 bits per heavy atom. The lowest BCUT2D eigenvalue weighted by atomic mass is 10.1. The van der Waals surface area contributed by atoms with E-state index in [2.05, 4.69) is 15.2 Å². The molecular formula is C22H33FIN5O3. The Balaban J connectivity index is 0.00000289. The van der Waals surface area contributed by atoms with Gasteiger partial charge in [-0.05, 0) is 38.5 Å². The number of nitrogens with zero attached hydrogens (tertiary/aromatic N) is 4. The molecule has 10 heteroatoms. The SMILES string of the molecule is CC(C)(C)OC(=O)N1CCN2C(NCc3ccc(N4CCOCC4)c(F)c3)=NCC2C1.I. The molecule has 0 aromatic heterocycles. The number of nitrogens with one attached hydrogen (secondary N) is 1. The van der Waals surface area contributed by atoms with Crippen molar-refractivity contribution in [3.63, 3.8) is 0 Å². The fourth-order valence-corrected chi connectivity index (χ4v) is 4.13. The molecule has 1 unspecified atom stereocenters. The molecule has 0 spiro atoms. The molecule has 1 aromatic rings. The van der Waals surface area contributed by atoms with Crippen LogP contribution in [-0.4, -0.2) is 86.0 Å². The second kappa shape index (κ2) is 10.4. The van der Waals surface area contributed by atoms with E-state index in [1.807, 2.05) is 37.8 Å². The van der Waals surface area contributed by atoms with Crippen molar-refractivity contribution in [3.05, 3.63) is 29.6 Å². The maximum absolute atomic E-state index is 14.6. The number of aliphatic imine (C=N–C) groups is 1. The van der Waals surface area contributed by atoms with Crippen LogP contribution in [0.4, 0.5) is 14.9 Å². The van der Waals surface area contributed by atoms with Crippen LogP contribution in [0.25, 0.3) is 0 Å². The molecule has 32 heavy (non-hydrogen) atoms. The molecule has 1 N–H and O–H groups in total. The minimum atomic E-state index is -0.500. The van der Waals surface area contributed by atoms with Crippen molar-refractivity contribution < 1.29 is 18.7 Å². The molecule has 1 aromatic carbocycles. The van der Waals surface area contributed by atoms with Gasteiger partial charge in [0.05, 0.1) is 31.5 Å². The van der Waals surface area contributed by atoms with Crippen LogP contribution < -0.4 is 10.2 Å². The number of halogens is 2. The third-order valence-electron chi connectivity index (χ3n) is 5.67. The van der Waals surface area contributed by atoms with Crippen molar-refractivity contribution in [1.82, 2.24) is 15.1 Å². The number of anilines is 1. The van der Waals surface area contributed by atoms with E-state index in [9.17, 15) is 9.18 Å². The summed E-state index contributed by atoms with van der Waals surface area (Å²) in [6, 6.07) is 5.53. The second-order valence-electron chi connectivity index (χ2n) is 9.18. The van der Waals surface area contributed by atoms with Gasteiger partial charge in [-0.2, -0.15) is 0 Å². The molecule has 1 amide bonds. The highest BCUT2D eigenvalue weighted by Crippen LogP contribution is 2.22. The van der Waals surface area contributed by atoms with Crippen LogP contribution in [0.3, 0.4) is 0 Å². The number of ether oxygens (including phenoxy) is 2. The van der Waals surface area contributed by atoms with Gasteiger partial charge in [0.25, 0.3) is 0 Å². The molecule has 0 bridgehead atoms. The summed E-state index contributed by atoms with van der Waals surface area (Å²) in [6.07, 6.45) is -0.274. The maximum atomic E-state index is 14.6. The molecule has 3 heterocycles. The average Bonchev–Trinajstić information content (AvgIpc) is 3.14. The zero-order valence-corrected chi connectivity index (χ0v) is 21.3. The van der Waals surface area contributed by atoms with Gasteiger partial charge < -0.3 is 29.5 Å². The summed E-state index contributed by atoms with van der Waals surface area (Å²) in [4.78, 5) is 22.9. The van der Waals surface area contributed by atoms with Crippen molar-refractivity contribution in [3.8, 4) is 0 Å². The number of hydrogen-bond donors (Lipinski definition) is 1. The van der Waals surface area contributed by atoms with Gasteiger partial charge in [0, 0.05) is 39.3 Å². The molecule has 178 valence electrons. The van der Waals surface area contributed by atoms with Crippen molar-refractivity contribution in [2.24, 2.45) is 4.99 Å². The number of fused-ring (bicyclic) bond motifs is 1. The highest BCUT2D eigenvalue weighted by Gasteiger charge is 2.36. The maximum Gasteiger partial charge on any atom is 0.410 e. The van der Waals surface area contributed by atoms with Crippen LogP contribution in [0.5, 0.6) is 0 Å². The number of benzene rings is 1. The smallest absolute Gasteiger partial charge is 0.410 e. The van der Waals surface area contributed by atoms with Crippen molar-refractivity contribution in [1.29, 1.82) is 0 Å². The first-order valence-electron chi connectivity index (χ1n) is 10.9. The third kappa shape index (κ3) is 5.94. The molecule has 8 nitrogen and oxygen atoms in total. The van der Waals surface area contributed by atoms with Gasteiger partial charge in [0.1, 0.15) is 11.4 Å². The van der Waals surface area contributed by atoms with Crippen LogP contribution in [0.2, 0.25) is 0 Å². The fourth-order valence-electron chi connectivity index (χ4n) is 4.13.